The molecule has 3 rings (SSSR count). The molecule has 2 aromatic rings. The standard InChI is InChI=1S/C18H23FN2O2/c19-14-5-4-6-15-16(14)13(11-20-15)17(23)21-12-18(9-10-22)7-2-1-3-8-18/h4-6,11,20,22H,1-3,7-10,12H2,(H,21,23). The van der Waals surface area contributed by atoms with Crippen molar-refractivity contribution in [2.24, 2.45) is 5.41 Å². The molecule has 0 atom stereocenters. The number of aromatic amines is 1. The summed E-state index contributed by atoms with van der Waals surface area (Å²) in [4.78, 5) is 15.4. The van der Waals surface area contributed by atoms with Crippen LogP contribution in [0.25, 0.3) is 10.9 Å². The number of carbonyl (C=O) groups is 1. The molecule has 5 heteroatoms. The number of halogens is 1. The van der Waals surface area contributed by atoms with Crippen LogP contribution in [-0.4, -0.2) is 29.1 Å². The van der Waals surface area contributed by atoms with Crippen molar-refractivity contribution in [2.45, 2.75) is 38.5 Å². The van der Waals surface area contributed by atoms with E-state index in [4.69, 9.17) is 0 Å². The zero-order chi connectivity index (χ0) is 16.3. The third-order valence-corrected chi connectivity index (χ3v) is 5.08. The van der Waals surface area contributed by atoms with Crippen molar-refractivity contribution in [3.8, 4) is 0 Å². The van der Waals surface area contributed by atoms with Crippen LogP contribution in [0.3, 0.4) is 0 Å². The fourth-order valence-corrected chi connectivity index (χ4v) is 3.74. The molecule has 1 saturated carbocycles. The van der Waals surface area contributed by atoms with Gasteiger partial charge < -0.3 is 15.4 Å². The van der Waals surface area contributed by atoms with Gasteiger partial charge in [0.2, 0.25) is 0 Å². The van der Waals surface area contributed by atoms with E-state index in [1.165, 1.54) is 12.5 Å². The van der Waals surface area contributed by atoms with Crippen molar-refractivity contribution in [1.82, 2.24) is 10.3 Å². The number of hydrogen-bond donors (Lipinski definition) is 3. The van der Waals surface area contributed by atoms with E-state index in [1.807, 2.05) is 0 Å². The lowest BCUT2D eigenvalue weighted by Gasteiger charge is -2.37. The van der Waals surface area contributed by atoms with Crippen molar-refractivity contribution in [3.05, 3.63) is 35.8 Å². The van der Waals surface area contributed by atoms with Crippen LogP contribution in [0.15, 0.2) is 24.4 Å². The number of nitrogens with one attached hydrogen (secondary N) is 2. The first kappa shape index (κ1) is 16.0. The highest BCUT2D eigenvalue weighted by molar-refractivity contribution is 6.06. The van der Waals surface area contributed by atoms with Crippen LogP contribution in [0.4, 0.5) is 4.39 Å². The van der Waals surface area contributed by atoms with Crippen molar-refractivity contribution < 1.29 is 14.3 Å². The summed E-state index contributed by atoms with van der Waals surface area (Å²) in [5, 5.41) is 12.6. The Morgan fingerprint density at radius 1 is 1.30 bits per heavy atom. The quantitative estimate of drug-likeness (QED) is 0.791. The summed E-state index contributed by atoms with van der Waals surface area (Å²) in [6, 6.07) is 4.74. The van der Waals surface area contributed by atoms with Crippen molar-refractivity contribution in [2.75, 3.05) is 13.2 Å². The van der Waals surface area contributed by atoms with Crippen molar-refractivity contribution in [3.63, 3.8) is 0 Å². The number of aromatic nitrogens is 1. The predicted molar refractivity (Wildman–Crippen MR) is 87.8 cm³/mol. The molecule has 1 aromatic carbocycles. The van der Waals surface area contributed by atoms with Gasteiger partial charge in [0.15, 0.2) is 0 Å². The average molecular weight is 318 g/mol. The van der Waals surface area contributed by atoms with E-state index in [-0.39, 0.29) is 17.9 Å². The largest absolute Gasteiger partial charge is 0.396 e. The van der Waals surface area contributed by atoms with Crippen LogP contribution in [0, 0.1) is 11.2 Å². The predicted octanol–water partition coefficient (Wildman–Crippen LogP) is 3.37. The summed E-state index contributed by atoms with van der Waals surface area (Å²) in [5.74, 6) is -0.652. The Labute approximate surface area is 135 Å². The minimum Gasteiger partial charge on any atom is -0.396 e. The van der Waals surface area contributed by atoms with Crippen LogP contribution >= 0.6 is 0 Å². The number of H-pyrrole nitrogens is 1. The second-order valence-corrected chi connectivity index (χ2v) is 6.58. The summed E-state index contributed by atoms with van der Waals surface area (Å²) in [6.07, 6.45) is 7.80. The summed E-state index contributed by atoms with van der Waals surface area (Å²) in [7, 11) is 0. The third-order valence-electron chi connectivity index (χ3n) is 5.08. The normalized spacial score (nSPS) is 17.3. The molecule has 1 amide bonds. The summed E-state index contributed by atoms with van der Waals surface area (Å²) >= 11 is 0. The Morgan fingerprint density at radius 3 is 2.83 bits per heavy atom. The van der Waals surface area contributed by atoms with Gasteiger partial charge in [-0.3, -0.25) is 4.79 Å². The number of aliphatic hydroxyl groups excluding tert-OH is 1. The van der Waals surface area contributed by atoms with Gasteiger partial charge in [0.25, 0.3) is 5.91 Å². The van der Waals surface area contributed by atoms with Gasteiger partial charge in [-0.1, -0.05) is 25.3 Å². The summed E-state index contributed by atoms with van der Waals surface area (Å²) in [5.41, 5.74) is 0.943. The van der Waals surface area contributed by atoms with Gasteiger partial charge in [0.05, 0.1) is 5.56 Å². The fourth-order valence-electron chi connectivity index (χ4n) is 3.74. The van der Waals surface area contributed by atoms with Crippen LogP contribution in [-0.2, 0) is 0 Å². The Morgan fingerprint density at radius 2 is 2.09 bits per heavy atom. The van der Waals surface area contributed by atoms with E-state index >= 15 is 0 Å². The van der Waals surface area contributed by atoms with Gasteiger partial charge in [0.1, 0.15) is 5.82 Å². The molecule has 0 bridgehead atoms. The molecule has 1 heterocycles. The molecule has 4 nitrogen and oxygen atoms in total. The smallest absolute Gasteiger partial charge is 0.253 e. The lowest BCUT2D eigenvalue weighted by Crippen LogP contribution is -2.39. The van der Waals surface area contributed by atoms with E-state index in [0.29, 0.717) is 29.4 Å². The monoisotopic (exact) mass is 318 g/mol. The highest BCUT2D eigenvalue weighted by Gasteiger charge is 2.32. The first-order valence-electron chi connectivity index (χ1n) is 8.30. The minimum atomic E-state index is -0.392. The maximum atomic E-state index is 14.0. The molecule has 0 radical (unpaired) electrons. The van der Waals surface area contributed by atoms with Gasteiger partial charge in [-0.15, -0.1) is 0 Å². The van der Waals surface area contributed by atoms with Gasteiger partial charge >= 0.3 is 0 Å². The Bertz CT molecular complexity index is 684. The second-order valence-electron chi connectivity index (χ2n) is 6.58. The van der Waals surface area contributed by atoms with Crippen molar-refractivity contribution >= 4 is 16.8 Å². The van der Waals surface area contributed by atoms with E-state index in [1.54, 1.807) is 18.3 Å². The molecule has 1 fully saturated rings. The van der Waals surface area contributed by atoms with Gasteiger partial charge in [0, 0.05) is 30.3 Å². The lowest BCUT2D eigenvalue weighted by molar-refractivity contribution is 0.0870. The maximum Gasteiger partial charge on any atom is 0.253 e. The van der Waals surface area contributed by atoms with Crippen LogP contribution < -0.4 is 5.32 Å². The molecular weight excluding hydrogens is 295 g/mol. The third kappa shape index (κ3) is 3.24. The summed E-state index contributed by atoms with van der Waals surface area (Å²) < 4.78 is 14.0. The second kappa shape index (κ2) is 6.71. The number of rotatable bonds is 5. The molecule has 0 unspecified atom stereocenters. The molecule has 1 aromatic heterocycles. The zero-order valence-electron chi connectivity index (χ0n) is 13.2. The lowest BCUT2D eigenvalue weighted by atomic mass is 9.72. The number of amides is 1. The number of aliphatic hydroxyl groups is 1. The zero-order valence-corrected chi connectivity index (χ0v) is 13.2. The molecule has 0 aliphatic heterocycles. The molecule has 0 saturated heterocycles. The van der Waals surface area contributed by atoms with Gasteiger partial charge in [-0.05, 0) is 36.8 Å². The maximum absolute atomic E-state index is 14.0. The first-order chi connectivity index (χ1) is 11.2. The Hall–Kier alpha value is -1.88. The molecule has 124 valence electrons. The van der Waals surface area contributed by atoms with Gasteiger partial charge in [-0.2, -0.15) is 0 Å². The Balaban J connectivity index is 1.75. The van der Waals surface area contributed by atoms with Crippen LogP contribution in [0.1, 0.15) is 48.9 Å². The van der Waals surface area contributed by atoms with Crippen molar-refractivity contribution in [1.29, 1.82) is 0 Å². The SMILES string of the molecule is O=C(NCC1(CCO)CCCCC1)c1c[nH]c2cccc(F)c12. The highest BCUT2D eigenvalue weighted by Crippen LogP contribution is 2.38. The topological polar surface area (TPSA) is 65.1 Å². The van der Waals surface area contributed by atoms with Crippen LogP contribution in [0.5, 0.6) is 0 Å². The van der Waals surface area contributed by atoms with E-state index in [2.05, 4.69) is 10.3 Å². The number of hydrogen-bond acceptors (Lipinski definition) is 2. The summed E-state index contributed by atoms with van der Waals surface area (Å²) in [6.45, 7) is 0.672. The number of carbonyl (C=O) groups excluding carboxylic acids is 1. The minimum absolute atomic E-state index is 0.0205. The van der Waals surface area contributed by atoms with E-state index < -0.39 is 5.82 Å². The molecular formula is C18H23FN2O2. The van der Waals surface area contributed by atoms with Crippen LogP contribution in [0.2, 0.25) is 0 Å². The Kier molecular flexibility index (Phi) is 4.66. The molecule has 0 spiro atoms. The number of fused-ring (bicyclic) bond motifs is 1. The fraction of sp³-hybridized carbons (Fsp3) is 0.500. The molecule has 3 N–H and O–H groups in total. The molecule has 1 aliphatic carbocycles. The van der Waals surface area contributed by atoms with E-state index in [0.717, 1.165) is 25.7 Å². The first-order valence-corrected chi connectivity index (χ1v) is 8.30. The number of benzene rings is 1. The molecule has 1 aliphatic rings. The highest BCUT2D eigenvalue weighted by atomic mass is 19.1. The average Bonchev–Trinajstić information content (AvgIpc) is 2.99. The molecule has 23 heavy (non-hydrogen) atoms. The van der Waals surface area contributed by atoms with Gasteiger partial charge in [-0.25, -0.2) is 4.39 Å². The van der Waals surface area contributed by atoms with E-state index in [9.17, 15) is 14.3 Å².